The third kappa shape index (κ3) is 2.93. The summed E-state index contributed by atoms with van der Waals surface area (Å²) in [4.78, 5) is 11.4. The van der Waals surface area contributed by atoms with Crippen molar-refractivity contribution >= 4 is 17.6 Å². The van der Waals surface area contributed by atoms with Gasteiger partial charge in [-0.1, -0.05) is 42.1 Å². The minimum atomic E-state index is 0.589. The van der Waals surface area contributed by atoms with Crippen LogP contribution < -0.4 is 4.90 Å². The molecule has 3 rings (SSSR count). The molecule has 0 amide bonds. The minimum Gasteiger partial charge on any atom is -0.355 e. The fourth-order valence-electron chi connectivity index (χ4n) is 2.76. The Kier molecular flexibility index (Phi) is 4.59. The zero-order chi connectivity index (χ0) is 15.4. The van der Waals surface area contributed by atoms with E-state index in [0.717, 1.165) is 48.2 Å². The lowest BCUT2D eigenvalue weighted by Gasteiger charge is -2.29. The Hall–Kier alpha value is -2.06. The Labute approximate surface area is 135 Å². The molecule has 0 radical (unpaired) electrons. The average molecular weight is 310 g/mol. The fourth-order valence-corrected chi connectivity index (χ4v) is 3.12. The number of piperidine rings is 1. The third-order valence-corrected chi connectivity index (χ3v) is 4.41. The van der Waals surface area contributed by atoms with Crippen LogP contribution in [0.25, 0.3) is 11.3 Å². The molecule has 112 valence electrons. The van der Waals surface area contributed by atoms with Gasteiger partial charge in [-0.25, -0.2) is 9.97 Å². The molecular formula is C17H18N4S. The minimum absolute atomic E-state index is 0.589. The van der Waals surface area contributed by atoms with Crippen LogP contribution in [0.1, 0.15) is 24.8 Å². The molecule has 0 aliphatic carbocycles. The topological polar surface area (TPSA) is 52.8 Å². The number of thioether (sulfide) groups is 1. The number of nitrogens with zero attached hydrogens (tertiary/aromatic N) is 4. The van der Waals surface area contributed by atoms with Gasteiger partial charge < -0.3 is 4.90 Å². The van der Waals surface area contributed by atoms with Crippen molar-refractivity contribution in [3.63, 3.8) is 0 Å². The molecule has 0 saturated carbocycles. The van der Waals surface area contributed by atoms with Crippen LogP contribution in [0.4, 0.5) is 5.82 Å². The van der Waals surface area contributed by atoms with Gasteiger partial charge in [-0.15, -0.1) is 0 Å². The van der Waals surface area contributed by atoms with Gasteiger partial charge >= 0.3 is 0 Å². The molecule has 0 spiro atoms. The first-order chi connectivity index (χ1) is 10.8. The normalized spacial score (nSPS) is 14.6. The fraction of sp³-hybridized carbons (Fsp3) is 0.353. The van der Waals surface area contributed by atoms with Crippen LogP contribution >= 0.6 is 11.8 Å². The molecule has 0 unspecified atom stereocenters. The number of nitriles is 1. The Morgan fingerprint density at radius 3 is 2.45 bits per heavy atom. The number of rotatable bonds is 3. The number of anilines is 1. The van der Waals surface area contributed by atoms with Gasteiger partial charge in [-0.3, -0.25) is 0 Å². The van der Waals surface area contributed by atoms with Gasteiger partial charge in [0.25, 0.3) is 0 Å². The SMILES string of the molecule is CSc1nc(-c2ccccc2)c(C#N)c(N2CCCCC2)n1. The van der Waals surface area contributed by atoms with Gasteiger partial charge in [0.05, 0.1) is 5.69 Å². The highest BCUT2D eigenvalue weighted by molar-refractivity contribution is 7.98. The van der Waals surface area contributed by atoms with Crippen molar-refractivity contribution in [1.29, 1.82) is 5.26 Å². The Morgan fingerprint density at radius 1 is 1.09 bits per heavy atom. The van der Waals surface area contributed by atoms with E-state index in [2.05, 4.69) is 20.9 Å². The molecule has 5 heteroatoms. The van der Waals surface area contributed by atoms with E-state index in [-0.39, 0.29) is 0 Å². The van der Waals surface area contributed by atoms with Crippen molar-refractivity contribution in [3.05, 3.63) is 35.9 Å². The standard InChI is InChI=1S/C17H18N4S/c1-22-17-19-15(13-8-4-2-5-9-13)14(12-18)16(20-17)21-10-6-3-7-11-21/h2,4-5,8-9H,3,6-7,10-11H2,1H3. The van der Waals surface area contributed by atoms with Crippen LogP contribution in [0, 0.1) is 11.3 Å². The quantitative estimate of drug-likeness (QED) is 0.638. The predicted octanol–water partition coefficient (Wildman–Crippen LogP) is 3.73. The Bertz CT molecular complexity index is 688. The first-order valence-electron chi connectivity index (χ1n) is 7.50. The van der Waals surface area contributed by atoms with Crippen molar-refractivity contribution in [2.45, 2.75) is 24.4 Å². The zero-order valence-electron chi connectivity index (χ0n) is 12.6. The maximum atomic E-state index is 9.69. The van der Waals surface area contributed by atoms with Crippen LogP contribution in [0.5, 0.6) is 0 Å². The van der Waals surface area contributed by atoms with Crippen LogP contribution in [-0.2, 0) is 0 Å². The van der Waals surface area contributed by atoms with E-state index in [4.69, 9.17) is 0 Å². The molecule has 0 bridgehead atoms. The lowest BCUT2D eigenvalue weighted by Crippen LogP contribution is -2.31. The zero-order valence-corrected chi connectivity index (χ0v) is 13.4. The summed E-state index contributed by atoms with van der Waals surface area (Å²) in [5.74, 6) is 0.792. The van der Waals surface area contributed by atoms with Gasteiger partial charge in [-0.05, 0) is 25.5 Å². The molecule has 22 heavy (non-hydrogen) atoms. The van der Waals surface area contributed by atoms with Gasteiger partial charge in [-0.2, -0.15) is 5.26 Å². The summed E-state index contributed by atoms with van der Waals surface area (Å²) in [6, 6.07) is 12.2. The second kappa shape index (κ2) is 6.80. The van der Waals surface area contributed by atoms with Gasteiger partial charge in [0.1, 0.15) is 11.6 Å². The smallest absolute Gasteiger partial charge is 0.189 e. The first kappa shape index (κ1) is 14.9. The molecule has 1 aromatic heterocycles. The average Bonchev–Trinajstić information content (AvgIpc) is 2.62. The lowest BCUT2D eigenvalue weighted by molar-refractivity contribution is 0.571. The summed E-state index contributed by atoms with van der Waals surface area (Å²) < 4.78 is 0. The van der Waals surface area contributed by atoms with Crippen LogP contribution in [0.2, 0.25) is 0 Å². The number of benzene rings is 1. The molecular weight excluding hydrogens is 292 g/mol. The highest BCUT2D eigenvalue weighted by Crippen LogP contribution is 2.31. The monoisotopic (exact) mass is 310 g/mol. The molecule has 0 N–H and O–H groups in total. The Balaban J connectivity index is 2.15. The Morgan fingerprint density at radius 2 is 1.82 bits per heavy atom. The van der Waals surface area contributed by atoms with Gasteiger partial charge in [0, 0.05) is 18.7 Å². The summed E-state index contributed by atoms with van der Waals surface area (Å²) in [5, 5.41) is 10.4. The molecule has 4 nitrogen and oxygen atoms in total. The maximum Gasteiger partial charge on any atom is 0.189 e. The van der Waals surface area contributed by atoms with Crippen LogP contribution in [-0.4, -0.2) is 29.3 Å². The van der Waals surface area contributed by atoms with Crippen molar-refractivity contribution < 1.29 is 0 Å². The van der Waals surface area contributed by atoms with E-state index in [1.807, 2.05) is 36.6 Å². The van der Waals surface area contributed by atoms with Gasteiger partial charge in [0.15, 0.2) is 11.0 Å². The predicted molar refractivity (Wildman–Crippen MR) is 90.0 cm³/mol. The number of hydrogen-bond donors (Lipinski definition) is 0. The van der Waals surface area contributed by atoms with E-state index in [1.54, 1.807) is 0 Å². The van der Waals surface area contributed by atoms with Crippen molar-refractivity contribution in [1.82, 2.24) is 9.97 Å². The first-order valence-corrected chi connectivity index (χ1v) is 8.72. The van der Waals surface area contributed by atoms with Crippen LogP contribution in [0.15, 0.2) is 35.5 Å². The van der Waals surface area contributed by atoms with Crippen LogP contribution in [0.3, 0.4) is 0 Å². The number of aromatic nitrogens is 2. The molecule has 1 fully saturated rings. The lowest BCUT2D eigenvalue weighted by atomic mass is 10.1. The van der Waals surface area contributed by atoms with Crippen molar-refractivity contribution in [3.8, 4) is 17.3 Å². The summed E-state index contributed by atoms with van der Waals surface area (Å²) in [7, 11) is 0. The highest BCUT2D eigenvalue weighted by Gasteiger charge is 2.21. The van der Waals surface area contributed by atoms with E-state index < -0.39 is 0 Å². The van der Waals surface area contributed by atoms with E-state index in [9.17, 15) is 5.26 Å². The summed E-state index contributed by atoms with van der Waals surface area (Å²) in [5.41, 5.74) is 2.30. The number of hydrogen-bond acceptors (Lipinski definition) is 5. The molecule has 1 aromatic carbocycles. The van der Waals surface area contributed by atoms with Gasteiger partial charge in [0.2, 0.25) is 0 Å². The molecule has 0 atom stereocenters. The van der Waals surface area contributed by atoms with Crippen molar-refractivity contribution in [2.75, 3.05) is 24.2 Å². The van der Waals surface area contributed by atoms with E-state index >= 15 is 0 Å². The molecule has 1 aliphatic heterocycles. The molecule has 1 aliphatic rings. The summed E-state index contributed by atoms with van der Waals surface area (Å²) >= 11 is 1.52. The molecule has 2 aromatic rings. The maximum absolute atomic E-state index is 9.69. The second-order valence-corrected chi connectivity index (χ2v) is 6.06. The molecule has 2 heterocycles. The van der Waals surface area contributed by atoms with E-state index in [0.29, 0.717) is 5.56 Å². The summed E-state index contributed by atoms with van der Waals surface area (Å²) in [6.07, 6.45) is 5.54. The van der Waals surface area contributed by atoms with Crippen molar-refractivity contribution in [2.24, 2.45) is 0 Å². The third-order valence-electron chi connectivity index (χ3n) is 3.87. The summed E-state index contributed by atoms with van der Waals surface area (Å²) in [6.45, 7) is 1.93. The largest absolute Gasteiger partial charge is 0.355 e. The molecule has 1 saturated heterocycles. The van der Waals surface area contributed by atoms with E-state index in [1.165, 1.54) is 18.2 Å². The highest BCUT2D eigenvalue weighted by atomic mass is 32.2. The second-order valence-electron chi connectivity index (χ2n) is 5.28.